The van der Waals surface area contributed by atoms with Crippen LogP contribution >= 0.6 is 0 Å². The van der Waals surface area contributed by atoms with Crippen LogP contribution in [-0.4, -0.2) is 28.9 Å². The van der Waals surface area contributed by atoms with Gasteiger partial charge in [0.05, 0.1) is 22.2 Å². The smallest absolute Gasteiger partial charge is 0.238 e. The first-order valence-corrected chi connectivity index (χ1v) is 15.3. The number of hydrogen-bond acceptors (Lipinski definition) is 4. The highest BCUT2D eigenvalue weighted by atomic mass is 15.2. The quantitative estimate of drug-likeness (QED) is 0.200. The van der Waals surface area contributed by atoms with Crippen LogP contribution in [0.2, 0.25) is 0 Å². The molecule has 0 atom stereocenters. The molecule has 0 unspecified atom stereocenters. The predicted octanol–water partition coefficient (Wildman–Crippen LogP) is 9.28. The average Bonchev–Trinajstić information content (AvgIpc) is 3.69. The summed E-state index contributed by atoms with van der Waals surface area (Å²) in [6.07, 6.45) is 2.07. The molecule has 6 heteroatoms. The van der Waals surface area contributed by atoms with Crippen LogP contribution in [0.5, 0.6) is 0 Å². The minimum atomic E-state index is 0.539. The van der Waals surface area contributed by atoms with Crippen molar-refractivity contribution in [3.8, 4) is 51.1 Å². The van der Waals surface area contributed by atoms with Gasteiger partial charge in [-0.15, -0.1) is 0 Å². The zero-order valence-corrected chi connectivity index (χ0v) is 24.7. The molecule has 4 heterocycles. The Bertz CT molecular complexity index is 2440. The maximum Gasteiger partial charge on any atom is 0.238 e. The SMILES string of the molecule is c1ccc(-c2nc(-c3ccccc3)nc(-n3c(-c4ccccc4)c(-c4ccccc4)c4ccc5nc6ccccn6c5c43)n2)cc1. The van der Waals surface area contributed by atoms with E-state index in [0.717, 1.165) is 61.1 Å². The molecule has 6 nitrogen and oxygen atoms in total. The molecule has 0 amide bonds. The topological polar surface area (TPSA) is 60.9 Å². The number of hydrogen-bond donors (Lipinski definition) is 0. The lowest BCUT2D eigenvalue weighted by molar-refractivity contribution is 0.939. The lowest BCUT2D eigenvalue weighted by Gasteiger charge is -2.14. The Hall–Kier alpha value is -6.40. The van der Waals surface area contributed by atoms with Gasteiger partial charge in [0.25, 0.3) is 0 Å². The summed E-state index contributed by atoms with van der Waals surface area (Å²) in [5.74, 6) is 1.76. The number of benzene rings is 5. The molecule has 0 radical (unpaired) electrons. The molecule has 0 aliphatic carbocycles. The van der Waals surface area contributed by atoms with Crippen LogP contribution in [0, 0.1) is 0 Å². The maximum atomic E-state index is 5.23. The molecule has 0 fully saturated rings. The van der Waals surface area contributed by atoms with Crippen molar-refractivity contribution < 1.29 is 0 Å². The monoisotopic (exact) mass is 590 g/mol. The highest BCUT2D eigenvalue weighted by Crippen LogP contribution is 2.44. The summed E-state index contributed by atoms with van der Waals surface area (Å²) in [6.45, 7) is 0. The molecule has 216 valence electrons. The van der Waals surface area contributed by atoms with Gasteiger partial charge in [0.2, 0.25) is 5.95 Å². The van der Waals surface area contributed by atoms with E-state index >= 15 is 0 Å². The van der Waals surface area contributed by atoms with Crippen LogP contribution < -0.4 is 0 Å². The van der Waals surface area contributed by atoms with Gasteiger partial charge >= 0.3 is 0 Å². The lowest BCUT2D eigenvalue weighted by Crippen LogP contribution is -2.08. The third-order valence-corrected chi connectivity index (χ3v) is 8.39. The number of aromatic nitrogens is 6. The first-order valence-electron chi connectivity index (χ1n) is 15.3. The Labute approximate surface area is 264 Å². The van der Waals surface area contributed by atoms with E-state index in [-0.39, 0.29) is 0 Å². The van der Waals surface area contributed by atoms with Gasteiger partial charge in [-0.2, -0.15) is 9.97 Å². The summed E-state index contributed by atoms with van der Waals surface area (Å²) >= 11 is 0. The number of fused-ring (bicyclic) bond motifs is 5. The molecule has 9 rings (SSSR count). The first-order chi connectivity index (χ1) is 22.8. The summed E-state index contributed by atoms with van der Waals surface area (Å²) < 4.78 is 4.38. The Balaban J connectivity index is 1.50. The van der Waals surface area contributed by atoms with E-state index in [4.69, 9.17) is 19.9 Å². The summed E-state index contributed by atoms with van der Waals surface area (Å²) in [5.41, 5.74) is 9.88. The predicted molar refractivity (Wildman–Crippen MR) is 185 cm³/mol. The van der Waals surface area contributed by atoms with Crippen LogP contribution in [0.15, 0.2) is 158 Å². The first kappa shape index (κ1) is 26.0. The Morgan fingerprint density at radius 2 is 0.957 bits per heavy atom. The molecule has 0 saturated carbocycles. The summed E-state index contributed by atoms with van der Waals surface area (Å²) in [7, 11) is 0. The largest absolute Gasteiger partial charge is 0.298 e. The number of pyridine rings is 1. The van der Waals surface area contributed by atoms with Gasteiger partial charge in [0.15, 0.2) is 11.6 Å². The zero-order valence-electron chi connectivity index (χ0n) is 24.7. The molecular weight excluding hydrogens is 564 g/mol. The van der Waals surface area contributed by atoms with Crippen molar-refractivity contribution in [1.29, 1.82) is 0 Å². The van der Waals surface area contributed by atoms with E-state index in [0.29, 0.717) is 17.6 Å². The Morgan fingerprint density at radius 3 is 1.57 bits per heavy atom. The van der Waals surface area contributed by atoms with E-state index < -0.39 is 0 Å². The van der Waals surface area contributed by atoms with Crippen molar-refractivity contribution in [2.75, 3.05) is 0 Å². The van der Waals surface area contributed by atoms with Gasteiger partial charge in [-0.25, -0.2) is 9.97 Å². The third kappa shape index (κ3) is 4.19. The van der Waals surface area contributed by atoms with E-state index in [9.17, 15) is 0 Å². The van der Waals surface area contributed by atoms with Gasteiger partial charge in [-0.1, -0.05) is 127 Å². The zero-order chi connectivity index (χ0) is 30.5. The van der Waals surface area contributed by atoms with Crippen molar-refractivity contribution in [1.82, 2.24) is 28.9 Å². The van der Waals surface area contributed by atoms with Crippen LogP contribution in [-0.2, 0) is 0 Å². The molecule has 0 bridgehead atoms. The van der Waals surface area contributed by atoms with Crippen LogP contribution in [0.3, 0.4) is 0 Å². The standard InChI is InChI=1S/C40H26N6/c1-5-15-27(16-6-1)34-31-24-25-32-37(45-26-14-13-23-33(45)41-32)36(31)46(35(34)28-17-7-2-8-18-28)40-43-38(29-19-9-3-10-20-29)42-39(44-40)30-21-11-4-12-22-30/h1-26H. The van der Waals surface area contributed by atoms with Crippen molar-refractivity contribution in [3.05, 3.63) is 158 Å². The molecule has 0 N–H and O–H groups in total. The lowest BCUT2D eigenvalue weighted by atomic mass is 9.98. The fraction of sp³-hybridized carbons (Fsp3) is 0. The van der Waals surface area contributed by atoms with Gasteiger partial charge in [-0.05, 0) is 35.4 Å². The number of nitrogens with zero attached hydrogens (tertiary/aromatic N) is 6. The highest BCUT2D eigenvalue weighted by Gasteiger charge is 2.26. The second-order valence-electron chi connectivity index (χ2n) is 11.2. The van der Waals surface area contributed by atoms with E-state index in [2.05, 4.69) is 81.9 Å². The molecule has 46 heavy (non-hydrogen) atoms. The minimum absolute atomic E-state index is 0.539. The minimum Gasteiger partial charge on any atom is -0.298 e. The van der Waals surface area contributed by atoms with Gasteiger partial charge in [0, 0.05) is 28.3 Å². The fourth-order valence-electron chi connectivity index (χ4n) is 6.38. The van der Waals surface area contributed by atoms with Crippen molar-refractivity contribution in [2.45, 2.75) is 0 Å². The van der Waals surface area contributed by atoms with Crippen LogP contribution in [0.25, 0.3) is 78.7 Å². The fourth-order valence-corrected chi connectivity index (χ4v) is 6.38. The second-order valence-corrected chi connectivity index (χ2v) is 11.2. The van der Waals surface area contributed by atoms with Gasteiger partial charge in [0.1, 0.15) is 5.65 Å². The summed E-state index contributed by atoms with van der Waals surface area (Å²) in [6, 6.07) is 51.7. The van der Waals surface area contributed by atoms with Gasteiger partial charge < -0.3 is 0 Å². The molecule has 0 aliphatic heterocycles. The highest BCUT2D eigenvalue weighted by molar-refractivity contribution is 6.15. The van der Waals surface area contributed by atoms with E-state index in [1.54, 1.807) is 0 Å². The Morgan fingerprint density at radius 1 is 0.413 bits per heavy atom. The van der Waals surface area contributed by atoms with Crippen LogP contribution in [0.4, 0.5) is 0 Å². The van der Waals surface area contributed by atoms with E-state index in [1.165, 1.54) is 0 Å². The maximum absolute atomic E-state index is 5.23. The Kier molecular flexibility index (Phi) is 6.03. The molecule has 0 saturated heterocycles. The normalized spacial score (nSPS) is 11.5. The third-order valence-electron chi connectivity index (χ3n) is 8.39. The molecule has 9 aromatic rings. The van der Waals surface area contributed by atoms with Crippen molar-refractivity contribution >= 4 is 27.6 Å². The molecule has 0 aliphatic rings. The second kappa shape index (κ2) is 10.6. The average molecular weight is 591 g/mol. The number of rotatable bonds is 5. The van der Waals surface area contributed by atoms with E-state index in [1.807, 2.05) is 84.9 Å². The molecule has 5 aromatic carbocycles. The van der Waals surface area contributed by atoms with Crippen LogP contribution in [0.1, 0.15) is 0 Å². The molecule has 4 aromatic heterocycles. The summed E-state index contributed by atoms with van der Waals surface area (Å²) in [5, 5.41) is 1.09. The summed E-state index contributed by atoms with van der Waals surface area (Å²) in [4.78, 5) is 20.5. The number of imidazole rings is 1. The molecule has 0 spiro atoms. The van der Waals surface area contributed by atoms with Gasteiger partial charge in [-0.3, -0.25) is 8.97 Å². The van der Waals surface area contributed by atoms with Crippen molar-refractivity contribution in [2.24, 2.45) is 0 Å². The molecular formula is C40H26N6. The van der Waals surface area contributed by atoms with Crippen molar-refractivity contribution in [3.63, 3.8) is 0 Å².